The van der Waals surface area contributed by atoms with Gasteiger partial charge in [0.15, 0.2) is 0 Å². The van der Waals surface area contributed by atoms with Crippen LogP contribution in [0.15, 0.2) is 18.3 Å². The number of halogens is 3. The van der Waals surface area contributed by atoms with Gasteiger partial charge in [-0.05, 0) is 18.6 Å². The van der Waals surface area contributed by atoms with E-state index in [1.54, 1.807) is 0 Å². The molecule has 1 rings (SSSR count). The molecule has 2 nitrogen and oxygen atoms in total. The molecule has 0 aliphatic heterocycles. The maximum atomic E-state index is 13.4. The summed E-state index contributed by atoms with van der Waals surface area (Å²) >= 11 is 5.59. The average Bonchev–Trinajstić information content (AvgIpc) is 2.18. The Morgan fingerprint density at radius 1 is 1.53 bits per heavy atom. The summed E-state index contributed by atoms with van der Waals surface area (Å²) in [5.74, 6) is -3.01. The smallest absolute Gasteiger partial charge is 0.255 e. The Balaban J connectivity index is 2.73. The van der Waals surface area contributed by atoms with Gasteiger partial charge in [-0.15, -0.1) is 0 Å². The molecule has 1 aromatic rings. The van der Waals surface area contributed by atoms with Crippen molar-refractivity contribution in [1.29, 1.82) is 5.26 Å². The first-order valence-corrected chi connectivity index (χ1v) is 4.81. The molecule has 0 unspecified atom stereocenters. The van der Waals surface area contributed by atoms with E-state index in [9.17, 15) is 8.78 Å². The molecular weight excluding hydrogens is 222 g/mol. The number of alkyl halides is 2. The van der Waals surface area contributed by atoms with Crippen molar-refractivity contribution in [2.45, 2.75) is 25.2 Å². The van der Waals surface area contributed by atoms with Gasteiger partial charge in [-0.2, -0.15) is 14.0 Å². The summed E-state index contributed by atoms with van der Waals surface area (Å²) < 4.78 is 26.9. The van der Waals surface area contributed by atoms with Gasteiger partial charge in [-0.3, -0.25) is 4.98 Å². The van der Waals surface area contributed by atoms with E-state index in [1.165, 1.54) is 12.3 Å². The summed E-state index contributed by atoms with van der Waals surface area (Å²) in [6.07, 6.45) is 1.14. The van der Waals surface area contributed by atoms with Gasteiger partial charge in [0.1, 0.15) is 5.69 Å². The lowest BCUT2D eigenvalue weighted by molar-refractivity contribution is -0.0192. The fourth-order valence-corrected chi connectivity index (χ4v) is 1.28. The molecule has 1 heterocycles. The summed E-state index contributed by atoms with van der Waals surface area (Å²) in [6.45, 7) is 0. The minimum absolute atomic E-state index is 0.121. The first-order valence-electron chi connectivity index (χ1n) is 4.43. The first kappa shape index (κ1) is 11.9. The van der Waals surface area contributed by atoms with Crippen LogP contribution in [0.3, 0.4) is 0 Å². The van der Waals surface area contributed by atoms with Crippen molar-refractivity contribution in [3.63, 3.8) is 0 Å². The van der Waals surface area contributed by atoms with Crippen LogP contribution in [0.5, 0.6) is 0 Å². The Labute approximate surface area is 91.5 Å². The topological polar surface area (TPSA) is 36.7 Å². The van der Waals surface area contributed by atoms with Crippen molar-refractivity contribution in [3.8, 4) is 6.07 Å². The van der Waals surface area contributed by atoms with Crippen LogP contribution in [0.4, 0.5) is 8.78 Å². The Morgan fingerprint density at radius 2 is 2.27 bits per heavy atom. The van der Waals surface area contributed by atoms with E-state index >= 15 is 0 Å². The van der Waals surface area contributed by atoms with E-state index in [-0.39, 0.29) is 30.0 Å². The Hall–Kier alpha value is -1.21. The van der Waals surface area contributed by atoms with E-state index < -0.39 is 5.92 Å². The average molecular weight is 231 g/mol. The van der Waals surface area contributed by atoms with Gasteiger partial charge in [0, 0.05) is 24.1 Å². The van der Waals surface area contributed by atoms with E-state index in [1.807, 2.05) is 6.07 Å². The van der Waals surface area contributed by atoms with Crippen LogP contribution < -0.4 is 0 Å². The minimum atomic E-state index is -3.01. The Morgan fingerprint density at radius 3 is 2.87 bits per heavy atom. The van der Waals surface area contributed by atoms with Crippen LogP contribution in [0, 0.1) is 11.3 Å². The van der Waals surface area contributed by atoms with Crippen LogP contribution in [-0.4, -0.2) is 4.98 Å². The van der Waals surface area contributed by atoms with Gasteiger partial charge in [0.05, 0.1) is 6.07 Å². The molecule has 0 atom stereocenters. The monoisotopic (exact) mass is 230 g/mol. The molecule has 0 bridgehead atoms. The van der Waals surface area contributed by atoms with Crippen LogP contribution >= 0.6 is 11.6 Å². The molecule has 0 radical (unpaired) electrons. The van der Waals surface area contributed by atoms with E-state index in [4.69, 9.17) is 16.9 Å². The zero-order valence-corrected chi connectivity index (χ0v) is 8.64. The Kier molecular flexibility index (Phi) is 3.98. The zero-order valence-electron chi connectivity index (χ0n) is 7.88. The number of nitrogens with zero attached hydrogens (tertiary/aromatic N) is 2. The molecule has 0 spiro atoms. The number of rotatable bonds is 4. The number of hydrogen-bond acceptors (Lipinski definition) is 2. The van der Waals surface area contributed by atoms with Crippen LogP contribution in [0.25, 0.3) is 0 Å². The number of hydrogen-bond donors (Lipinski definition) is 0. The van der Waals surface area contributed by atoms with Gasteiger partial charge in [-0.1, -0.05) is 11.6 Å². The molecule has 80 valence electrons. The van der Waals surface area contributed by atoms with Crippen molar-refractivity contribution in [1.82, 2.24) is 4.98 Å². The molecule has 0 fully saturated rings. The highest BCUT2D eigenvalue weighted by molar-refractivity contribution is 6.30. The van der Waals surface area contributed by atoms with Gasteiger partial charge in [0.25, 0.3) is 5.92 Å². The fourth-order valence-electron chi connectivity index (χ4n) is 1.12. The van der Waals surface area contributed by atoms with E-state index in [0.717, 1.165) is 6.07 Å². The van der Waals surface area contributed by atoms with Gasteiger partial charge in [0.2, 0.25) is 0 Å². The van der Waals surface area contributed by atoms with Crippen LogP contribution in [0.2, 0.25) is 5.02 Å². The number of aromatic nitrogens is 1. The minimum Gasteiger partial charge on any atom is -0.255 e. The van der Waals surface area contributed by atoms with Crippen molar-refractivity contribution in [2.24, 2.45) is 0 Å². The quantitative estimate of drug-likeness (QED) is 0.742. The molecule has 15 heavy (non-hydrogen) atoms. The van der Waals surface area contributed by atoms with Gasteiger partial charge in [-0.25, -0.2) is 0 Å². The second kappa shape index (κ2) is 5.04. The Bertz CT molecular complexity index is 374. The summed E-state index contributed by atoms with van der Waals surface area (Å²) in [5, 5.41) is 8.48. The second-order valence-electron chi connectivity index (χ2n) is 3.08. The predicted molar refractivity (Wildman–Crippen MR) is 52.6 cm³/mol. The fraction of sp³-hybridized carbons (Fsp3) is 0.400. The standard InChI is InChI=1S/C10H9ClF2N2/c11-8-3-6-15-9(7-8)10(12,13)4-1-2-5-14/h3,6-7H,1-2,4H2. The maximum absolute atomic E-state index is 13.4. The lowest BCUT2D eigenvalue weighted by atomic mass is 10.1. The molecule has 0 aliphatic carbocycles. The summed E-state index contributed by atoms with van der Waals surface area (Å²) in [4.78, 5) is 3.57. The molecule has 0 saturated heterocycles. The third-order valence-electron chi connectivity index (χ3n) is 1.88. The highest BCUT2D eigenvalue weighted by atomic mass is 35.5. The number of unbranched alkanes of at least 4 members (excludes halogenated alkanes) is 1. The lowest BCUT2D eigenvalue weighted by Gasteiger charge is -2.14. The first-order chi connectivity index (χ1) is 7.06. The largest absolute Gasteiger partial charge is 0.289 e. The van der Waals surface area contributed by atoms with Crippen molar-refractivity contribution in [2.75, 3.05) is 0 Å². The number of pyridine rings is 1. The molecule has 0 aliphatic rings. The molecule has 0 amide bonds. The van der Waals surface area contributed by atoms with Crippen LogP contribution in [0.1, 0.15) is 25.0 Å². The lowest BCUT2D eigenvalue weighted by Crippen LogP contribution is -2.14. The van der Waals surface area contributed by atoms with Gasteiger partial charge < -0.3 is 0 Å². The van der Waals surface area contributed by atoms with Crippen molar-refractivity contribution >= 4 is 11.6 Å². The van der Waals surface area contributed by atoms with Crippen molar-refractivity contribution in [3.05, 3.63) is 29.0 Å². The summed E-state index contributed by atoms with van der Waals surface area (Å²) in [5.41, 5.74) is -0.340. The van der Waals surface area contributed by atoms with E-state index in [2.05, 4.69) is 4.98 Å². The highest BCUT2D eigenvalue weighted by Crippen LogP contribution is 2.32. The molecule has 5 heteroatoms. The maximum Gasteiger partial charge on any atom is 0.289 e. The molecule has 0 saturated carbocycles. The molecule has 0 N–H and O–H groups in total. The summed E-state index contributed by atoms with van der Waals surface area (Å²) in [6, 6.07) is 4.41. The molecule has 0 aromatic carbocycles. The second-order valence-corrected chi connectivity index (χ2v) is 3.51. The number of nitriles is 1. The summed E-state index contributed by atoms with van der Waals surface area (Å²) in [7, 11) is 0. The third-order valence-corrected chi connectivity index (χ3v) is 2.11. The van der Waals surface area contributed by atoms with Crippen molar-refractivity contribution < 1.29 is 8.78 Å². The molecule has 1 aromatic heterocycles. The molecular formula is C10H9ClF2N2. The zero-order chi connectivity index (χ0) is 11.3. The highest BCUT2D eigenvalue weighted by Gasteiger charge is 2.32. The third kappa shape index (κ3) is 3.45. The predicted octanol–water partition coefficient (Wildman–Crippen LogP) is 3.52. The van der Waals surface area contributed by atoms with E-state index in [0.29, 0.717) is 0 Å². The van der Waals surface area contributed by atoms with Crippen LogP contribution in [-0.2, 0) is 5.92 Å². The van der Waals surface area contributed by atoms with Gasteiger partial charge >= 0.3 is 0 Å². The normalized spacial score (nSPS) is 11.1. The SMILES string of the molecule is N#CCCCC(F)(F)c1cc(Cl)ccn1.